The summed E-state index contributed by atoms with van der Waals surface area (Å²) >= 11 is 7.15. The number of esters is 1. The van der Waals surface area contributed by atoms with E-state index in [4.69, 9.17) is 25.8 Å². The van der Waals surface area contributed by atoms with Crippen LogP contribution in [0, 0.1) is 5.82 Å². The Hall–Kier alpha value is -3.04. The zero-order valence-electron chi connectivity index (χ0n) is 18.8. The molecule has 1 aliphatic heterocycles. The molecule has 0 radical (unpaired) electrons. The number of thioether (sulfide) groups is 1. The van der Waals surface area contributed by atoms with Crippen LogP contribution in [0.2, 0.25) is 5.02 Å². The first-order valence-electron chi connectivity index (χ1n) is 10.5. The van der Waals surface area contributed by atoms with E-state index < -0.39 is 23.2 Å². The first-order chi connectivity index (χ1) is 16.2. The maximum atomic E-state index is 13.4. The lowest BCUT2D eigenvalue weighted by molar-refractivity contribution is -0.150. The van der Waals surface area contributed by atoms with Gasteiger partial charge in [0.05, 0.1) is 23.1 Å². The summed E-state index contributed by atoms with van der Waals surface area (Å²) in [4.78, 5) is 38.2. The van der Waals surface area contributed by atoms with Gasteiger partial charge in [-0.2, -0.15) is 0 Å². The summed E-state index contributed by atoms with van der Waals surface area (Å²) in [5, 5.41) is -0.351. The molecule has 0 N–H and O–H groups in total. The molecular formula is C24H23ClFNO6S. The number of hydrogen-bond acceptors (Lipinski definition) is 7. The lowest BCUT2D eigenvalue weighted by Crippen LogP contribution is -2.42. The van der Waals surface area contributed by atoms with Crippen LogP contribution in [0.25, 0.3) is 6.08 Å². The van der Waals surface area contributed by atoms with E-state index in [0.717, 1.165) is 16.7 Å². The van der Waals surface area contributed by atoms with Crippen LogP contribution in [0.1, 0.15) is 31.9 Å². The predicted octanol–water partition coefficient (Wildman–Crippen LogP) is 5.44. The van der Waals surface area contributed by atoms with Gasteiger partial charge in [0, 0.05) is 0 Å². The van der Waals surface area contributed by atoms with Crippen LogP contribution in [-0.2, 0) is 20.9 Å². The second-order valence-corrected chi connectivity index (χ2v) is 8.56. The molecule has 10 heteroatoms. The molecule has 34 heavy (non-hydrogen) atoms. The number of carbonyl (C=O) groups excluding carboxylic acids is 3. The fourth-order valence-electron chi connectivity index (χ4n) is 3.19. The first-order valence-corrected chi connectivity index (χ1v) is 11.7. The maximum absolute atomic E-state index is 13.4. The maximum Gasteiger partial charge on any atom is 0.329 e. The molecule has 2 aromatic rings. The normalized spacial score (nSPS) is 15.6. The van der Waals surface area contributed by atoms with Gasteiger partial charge < -0.3 is 14.2 Å². The molecule has 2 amide bonds. The summed E-state index contributed by atoms with van der Waals surface area (Å²) in [6.45, 7) is 5.40. The van der Waals surface area contributed by atoms with Crippen molar-refractivity contribution in [1.29, 1.82) is 0 Å². The van der Waals surface area contributed by atoms with Crippen LogP contribution in [0.15, 0.2) is 41.3 Å². The molecule has 1 saturated heterocycles. The van der Waals surface area contributed by atoms with E-state index in [0.29, 0.717) is 23.5 Å². The second-order valence-electron chi connectivity index (χ2n) is 7.16. The third kappa shape index (κ3) is 5.90. The van der Waals surface area contributed by atoms with E-state index >= 15 is 0 Å². The zero-order chi connectivity index (χ0) is 24.8. The van der Waals surface area contributed by atoms with E-state index in [-0.39, 0.29) is 34.7 Å². The highest BCUT2D eigenvalue weighted by molar-refractivity contribution is 8.18. The van der Waals surface area contributed by atoms with Crippen molar-refractivity contribution >= 4 is 46.6 Å². The molecule has 1 heterocycles. The quantitative estimate of drug-likeness (QED) is 0.330. The number of rotatable bonds is 9. The van der Waals surface area contributed by atoms with Crippen LogP contribution >= 0.6 is 23.4 Å². The van der Waals surface area contributed by atoms with Gasteiger partial charge in [-0.25, -0.2) is 9.18 Å². The molecule has 1 atom stereocenters. The van der Waals surface area contributed by atoms with Gasteiger partial charge in [-0.3, -0.25) is 14.5 Å². The number of amides is 2. The average molecular weight is 508 g/mol. The molecule has 7 nitrogen and oxygen atoms in total. The van der Waals surface area contributed by atoms with Gasteiger partial charge in [0.1, 0.15) is 18.5 Å². The van der Waals surface area contributed by atoms with E-state index in [9.17, 15) is 18.8 Å². The Morgan fingerprint density at radius 3 is 2.62 bits per heavy atom. The summed E-state index contributed by atoms with van der Waals surface area (Å²) in [5.41, 5.74) is 1.12. The van der Waals surface area contributed by atoms with Gasteiger partial charge in [0.2, 0.25) is 0 Å². The van der Waals surface area contributed by atoms with E-state index in [2.05, 4.69) is 0 Å². The summed E-state index contributed by atoms with van der Waals surface area (Å²) in [6, 6.07) is 8.14. The number of imide groups is 1. The Bertz CT molecular complexity index is 1140. The minimum atomic E-state index is -1.04. The fourth-order valence-corrected chi connectivity index (χ4v) is 4.37. The number of hydrogen-bond donors (Lipinski definition) is 0. The van der Waals surface area contributed by atoms with Gasteiger partial charge in [0.25, 0.3) is 11.1 Å². The molecule has 0 saturated carbocycles. The highest BCUT2D eigenvalue weighted by Crippen LogP contribution is 2.40. The third-order valence-electron chi connectivity index (χ3n) is 4.74. The monoisotopic (exact) mass is 507 g/mol. The number of ether oxygens (including phenoxy) is 3. The third-order valence-corrected chi connectivity index (χ3v) is 5.90. The van der Waals surface area contributed by atoms with E-state index in [1.165, 1.54) is 25.1 Å². The lowest BCUT2D eigenvalue weighted by Gasteiger charge is -2.19. The largest absolute Gasteiger partial charge is 0.490 e. The highest BCUT2D eigenvalue weighted by atomic mass is 35.5. The van der Waals surface area contributed by atoms with Crippen LogP contribution in [0.3, 0.4) is 0 Å². The molecule has 0 aliphatic carbocycles. The van der Waals surface area contributed by atoms with E-state index in [1.54, 1.807) is 38.1 Å². The lowest BCUT2D eigenvalue weighted by atomic mass is 10.1. The zero-order valence-corrected chi connectivity index (χ0v) is 20.4. The molecule has 1 aliphatic rings. The van der Waals surface area contributed by atoms with E-state index in [1.807, 2.05) is 0 Å². The van der Waals surface area contributed by atoms with Gasteiger partial charge in [0.15, 0.2) is 11.5 Å². The van der Waals surface area contributed by atoms with Crippen molar-refractivity contribution in [2.24, 2.45) is 0 Å². The Morgan fingerprint density at radius 1 is 1.18 bits per heavy atom. The molecule has 0 aromatic heterocycles. The van der Waals surface area contributed by atoms with Crippen LogP contribution in [0.5, 0.6) is 11.5 Å². The molecule has 0 bridgehead atoms. The summed E-state index contributed by atoms with van der Waals surface area (Å²) < 4.78 is 29.8. The summed E-state index contributed by atoms with van der Waals surface area (Å²) in [6.07, 6.45) is 1.49. The van der Waals surface area contributed by atoms with Gasteiger partial charge in [-0.05, 0) is 74.0 Å². The molecule has 2 aromatic carbocycles. The standard InChI is InChI=1S/C24H23ClFNO6S/c1-4-31-19-11-16(10-18(25)21(19)33-13-15-7-6-8-17(26)9-15)12-20-22(28)27(24(30)34-20)14(3)23(29)32-5-2/h6-12,14H,4-5,13H2,1-3H3/b20-12+/t14-/m0/s1. The Morgan fingerprint density at radius 2 is 1.94 bits per heavy atom. The smallest absolute Gasteiger partial charge is 0.329 e. The molecule has 1 fully saturated rings. The van der Waals surface area contributed by atoms with Gasteiger partial charge in [-0.15, -0.1) is 0 Å². The molecule has 180 valence electrons. The van der Waals surface area contributed by atoms with Crippen molar-refractivity contribution in [2.45, 2.75) is 33.4 Å². The summed E-state index contributed by atoms with van der Waals surface area (Å²) in [5.74, 6) is -1.03. The minimum absolute atomic E-state index is 0.0710. The number of carbonyl (C=O) groups is 3. The van der Waals surface area contributed by atoms with Crippen molar-refractivity contribution in [3.05, 3.63) is 63.3 Å². The van der Waals surface area contributed by atoms with Crippen LogP contribution < -0.4 is 9.47 Å². The van der Waals surface area contributed by atoms with Crippen molar-refractivity contribution in [3.8, 4) is 11.5 Å². The fraction of sp³-hybridized carbons (Fsp3) is 0.292. The highest BCUT2D eigenvalue weighted by Gasteiger charge is 2.41. The number of benzene rings is 2. The van der Waals surface area contributed by atoms with Gasteiger partial charge >= 0.3 is 5.97 Å². The first kappa shape index (κ1) is 25.6. The Labute approximate surface area is 205 Å². The second kappa shape index (κ2) is 11.4. The topological polar surface area (TPSA) is 82.1 Å². The molecule has 0 spiro atoms. The van der Waals surface area contributed by atoms with Crippen molar-refractivity contribution < 1.29 is 33.0 Å². The molecular weight excluding hydrogens is 485 g/mol. The minimum Gasteiger partial charge on any atom is -0.490 e. The predicted molar refractivity (Wildman–Crippen MR) is 127 cm³/mol. The van der Waals surface area contributed by atoms with Crippen molar-refractivity contribution in [3.63, 3.8) is 0 Å². The molecule has 0 unspecified atom stereocenters. The van der Waals surface area contributed by atoms with Crippen LogP contribution in [-0.4, -0.2) is 41.3 Å². The Balaban J connectivity index is 1.85. The summed E-state index contributed by atoms with van der Waals surface area (Å²) in [7, 11) is 0. The Kier molecular flexibility index (Phi) is 8.57. The van der Waals surface area contributed by atoms with Gasteiger partial charge in [-0.1, -0.05) is 23.7 Å². The van der Waals surface area contributed by atoms with Crippen molar-refractivity contribution in [1.82, 2.24) is 4.90 Å². The van der Waals surface area contributed by atoms with Crippen LogP contribution in [0.4, 0.5) is 9.18 Å². The SMILES string of the molecule is CCOC(=O)[C@H](C)N1C(=O)S/C(=C/c2cc(Cl)c(OCc3cccc(F)c3)c(OCC)c2)C1=O. The molecule has 3 rings (SSSR count). The number of halogens is 2. The average Bonchev–Trinajstić information content (AvgIpc) is 3.05. The number of nitrogens with zero attached hydrogens (tertiary/aromatic N) is 1. The van der Waals surface area contributed by atoms with Crippen molar-refractivity contribution in [2.75, 3.05) is 13.2 Å².